The number of benzene rings is 1. The molecule has 21 heavy (non-hydrogen) atoms. The van der Waals surface area contributed by atoms with Gasteiger partial charge in [-0.15, -0.1) is 0 Å². The molecular weight excluding hydrogens is 267 g/mol. The minimum Gasteiger partial charge on any atom is -0.341 e. The van der Waals surface area contributed by atoms with Crippen LogP contribution in [0.2, 0.25) is 0 Å². The summed E-state index contributed by atoms with van der Waals surface area (Å²) in [4.78, 5) is 16.9. The fourth-order valence-electron chi connectivity index (χ4n) is 3.19. The van der Waals surface area contributed by atoms with Gasteiger partial charge in [0.25, 0.3) is 0 Å². The molecule has 1 saturated heterocycles. The Kier molecular flexibility index (Phi) is 4.54. The first kappa shape index (κ1) is 14.5. The maximum absolute atomic E-state index is 12.9. The number of nitrogens with zero attached hydrogens (tertiary/aromatic N) is 2. The van der Waals surface area contributed by atoms with Crippen LogP contribution in [-0.2, 0) is 11.2 Å². The first-order valence-corrected chi connectivity index (χ1v) is 7.98. The second kappa shape index (κ2) is 6.56. The zero-order valence-corrected chi connectivity index (χ0v) is 12.4. The molecule has 3 nitrogen and oxygen atoms in total. The van der Waals surface area contributed by atoms with Crippen LogP contribution >= 0.6 is 0 Å². The lowest BCUT2D eigenvalue weighted by atomic mass is 9.91. The quantitative estimate of drug-likeness (QED) is 0.854. The van der Waals surface area contributed by atoms with Gasteiger partial charge in [0.2, 0.25) is 5.91 Å². The normalized spacial score (nSPS) is 20.9. The van der Waals surface area contributed by atoms with Gasteiger partial charge in [0.05, 0.1) is 6.42 Å². The summed E-state index contributed by atoms with van der Waals surface area (Å²) < 4.78 is 12.9. The van der Waals surface area contributed by atoms with E-state index in [-0.39, 0.29) is 11.7 Å². The van der Waals surface area contributed by atoms with E-state index in [4.69, 9.17) is 0 Å². The maximum atomic E-state index is 12.9. The molecular formula is C17H23FN2O. The molecule has 2 fully saturated rings. The standard InChI is InChI=1S/C17H23FN2O/c18-15-7-5-14(6-8-15)13-17(21)20-10-2-9-19(11-12-20)16-3-1-4-16/h5-8,16H,1-4,9-13H2. The summed E-state index contributed by atoms with van der Waals surface area (Å²) in [5.41, 5.74) is 0.890. The van der Waals surface area contributed by atoms with Crippen molar-refractivity contribution in [2.75, 3.05) is 26.2 Å². The van der Waals surface area contributed by atoms with Crippen molar-refractivity contribution in [2.24, 2.45) is 0 Å². The third kappa shape index (κ3) is 3.62. The van der Waals surface area contributed by atoms with E-state index in [1.165, 1.54) is 31.4 Å². The summed E-state index contributed by atoms with van der Waals surface area (Å²) in [6.07, 6.45) is 5.44. The number of hydrogen-bond donors (Lipinski definition) is 0. The van der Waals surface area contributed by atoms with Gasteiger partial charge in [-0.3, -0.25) is 9.69 Å². The molecule has 2 aliphatic rings. The Morgan fingerprint density at radius 3 is 2.48 bits per heavy atom. The molecule has 0 N–H and O–H groups in total. The lowest BCUT2D eigenvalue weighted by molar-refractivity contribution is -0.130. The second-order valence-electron chi connectivity index (χ2n) is 6.16. The van der Waals surface area contributed by atoms with E-state index in [1.807, 2.05) is 4.90 Å². The van der Waals surface area contributed by atoms with E-state index < -0.39 is 0 Å². The van der Waals surface area contributed by atoms with Crippen LogP contribution in [0.4, 0.5) is 4.39 Å². The van der Waals surface area contributed by atoms with Crippen LogP contribution in [0.15, 0.2) is 24.3 Å². The van der Waals surface area contributed by atoms with Crippen molar-refractivity contribution < 1.29 is 9.18 Å². The topological polar surface area (TPSA) is 23.6 Å². The molecule has 1 saturated carbocycles. The zero-order valence-electron chi connectivity index (χ0n) is 12.4. The van der Waals surface area contributed by atoms with Crippen LogP contribution in [-0.4, -0.2) is 47.9 Å². The Labute approximate surface area is 125 Å². The lowest BCUT2D eigenvalue weighted by Gasteiger charge is -2.36. The summed E-state index contributed by atoms with van der Waals surface area (Å²) in [7, 11) is 0. The Bertz CT molecular complexity index is 484. The highest BCUT2D eigenvalue weighted by Gasteiger charge is 2.27. The molecule has 1 aromatic carbocycles. The molecule has 114 valence electrons. The van der Waals surface area contributed by atoms with Crippen molar-refractivity contribution in [3.8, 4) is 0 Å². The van der Waals surface area contributed by atoms with Gasteiger partial charge >= 0.3 is 0 Å². The second-order valence-corrected chi connectivity index (χ2v) is 6.16. The Morgan fingerprint density at radius 2 is 1.81 bits per heavy atom. The summed E-state index contributed by atoms with van der Waals surface area (Å²) in [5, 5.41) is 0. The lowest BCUT2D eigenvalue weighted by Crippen LogP contribution is -2.43. The molecule has 1 aromatic rings. The van der Waals surface area contributed by atoms with Gasteiger partial charge < -0.3 is 4.90 Å². The van der Waals surface area contributed by atoms with Gasteiger partial charge in [-0.2, -0.15) is 0 Å². The maximum Gasteiger partial charge on any atom is 0.227 e. The van der Waals surface area contributed by atoms with Crippen LogP contribution in [0, 0.1) is 5.82 Å². The zero-order chi connectivity index (χ0) is 14.7. The van der Waals surface area contributed by atoms with E-state index >= 15 is 0 Å². The van der Waals surface area contributed by atoms with E-state index in [9.17, 15) is 9.18 Å². The first-order valence-electron chi connectivity index (χ1n) is 7.98. The van der Waals surface area contributed by atoms with Crippen LogP contribution in [0.1, 0.15) is 31.2 Å². The summed E-state index contributed by atoms with van der Waals surface area (Å²) >= 11 is 0. The smallest absolute Gasteiger partial charge is 0.227 e. The average Bonchev–Trinajstić information content (AvgIpc) is 2.66. The minimum atomic E-state index is -0.253. The predicted octanol–water partition coefficient (Wildman–Crippen LogP) is 2.46. The molecule has 3 rings (SSSR count). The molecule has 0 aromatic heterocycles. The van der Waals surface area contributed by atoms with E-state index in [0.717, 1.165) is 44.2 Å². The number of amides is 1. The highest BCUT2D eigenvalue weighted by atomic mass is 19.1. The summed E-state index contributed by atoms with van der Waals surface area (Å²) in [6, 6.07) is 7.00. The number of carbonyl (C=O) groups excluding carboxylic acids is 1. The molecule has 1 aliphatic heterocycles. The highest BCUT2D eigenvalue weighted by molar-refractivity contribution is 5.78. The van der Waals surface area contributed by atoms with Gasteiger partial charge in [-0.1, -0.05) is 18.6 Å². The van der Waals surface area contributed by atoms with Gasteiger partial charge in [0, 0.05) is 32.2 Å². The summed E-state index contributed by atoms with van der Waals surface area (Å²) in [5.74, 6) is -0.0887. The number of hydrogen-bond acceptors (Lipinski definition) is 2. The van der Waals surface area contributed by atoms with Gasteiger partial charge in [0.15, 0.2) is 0 Å². The van der Waals surface area contributed by atoms with E-state index in [1.54, 1.807) is 12.1 Å². The van der Waals surface area contributed by atoms with Gasteiger partial charge in [-0.25, -0.2) is 4.39 Å². The average molecular weight is 290 g/mol. The predicted molar refractivity (Wildman–Crippen MR) is 80.5 cm³/mol. The fraction of sp³-hybridized carbons (Fsp3) is 0.588. The monoisotopic (exact) mass is 290 g/mol. The van der Waals surface area contributed by atoms with Crippen LogP contribution < -0.4 is 0 Å². The van der Waals surface area contributed by atoms with E-state index in [0.29, 0.717) is 6.42 Å². The third-order valence-corrected chi connectivity index (χ3v) is 4.74. The molecule has 0 unspecified atom stereocenters. The van der Waals surface area contributed by atoms with Crippen molar-refractivity contribution in [1.29, 1.82) is 0 Å². The molecule has 1 amide bonds. The molecule has 0 bridgehead atoms. The van der Waals surface area contributed by atoms with Crippen LogP contribution in [0.25, 0.3) is 0 Å². The van der Waals surface area contributed by atoms with Crippen LogP contribution in [0.5, 0.6) is 0 Å². The largest absolute Gasteiger partial charge is 0.341 e. The Hall–Kier alpha value is -1.42. The number of carbonyl (C=O) groups is 1. The first-order chi connectivity index (χ1) is 10.2. The van der Waals surface area contributed by atoms with Crippen molar-refractivity contribution in [3.05, 3.63) is 35.6 Å². The minimum absolute atomic E-state index is 0.164. The molecule has 1 heterocycles. The highest BCUT2D eigenvalue weighted by Crippen LogP contribution is 2.25. The Balaban J connectivity index is 1.53. The number of halogens is 1. The van der Waals surface area contributed by atoms with Gasteiger partial charge in [0.1, 0.15) is 5.82 Å². The van der Waals surface area contributed by atoms with E-state index in [2.05, 4.69) is 4.90 Å². The van der Waals surface area contributed by atoms with Crippen molar-refractivity contribution in [2.45, 2.75) is 38.1 Å². The van der Waals surface area contributed by atoms with Crippen molar-refractivity contribution >= 4 is 5.91 Å². The molecule has 4 heteroatoms. The van der Waals surface area contributed by atoms with Gasteiger partial charge in [-0.05, 0) is 37.0 Å². The number of rotatable bonds is 3. The van der Waals surface area contributed by atoms with Crippen LogP contribution in [0.3, 0.4) is 0 Å². The molecule has 0 radical (unpaired) electrons. The summed E-state index contributed by atoms with van der Waals surface area (Å²) in [6.45, 7) is 3.80. The Morgan fingerprint density at radius 1 is 1.05 bits per heavy atom. The molecule has 0 atom stereocenters. The fourth-order valence-corrected chi connectivity index (χ4v) is 3.19. The van der Waals surface area contributed by atoms with Crippen molar-refractivity contribution in [3.63, 3.8) is 0 Å². The van der Waals surface area contributed by atoms with Crippen molar-refractivity contribution in [1.82, 2.24) is 9.80 Å². The SMILES string of the molecule is O=C(Cc1ccc(F)cc1)N1CCCN(C2CCC2)CC1. The third-order valence-electron chi connectivity index (χ3n) is 4.74. The molecule has 0 spiro atoms. The molecule has 1 aliphatic carbocycles.